The quantitative estimate of drug-likeness (QED) is 0.805. The number of alkyl halides is 1. The first-order valence-electron chi connectivity index (χ1n) is 8.34. The Morgan fingerprint density at radius 3 is 2.72 bits per heavy atom. The third kappa shape index (κ3) is 3.14. The molecule has 0 saturated heterocycles. The average Bonchev–Trinajstić information content (AvgIpc) is 2.94. The summed E-state index contributed by atoms with van der Waals surface area (Å²) in [6.07, 6.45) is 8.14. The number of rotatable bonds is 4. The van der Waals surface area contributed by atoms with Crippen molar-refractivity contribution in [1.82, 2.24) is 14.7 Å². The fourth-order valence-corrected chi connectivity index (χ4v) is 3.12. The summed E-state index contributed by atoms with van der Waals surface area (Å²) in [6.45, 7) is 12.3. The molecule has 0 bridgehead atoms. The second-order valence-electron chi connectivity index (χ2n) is 6.34. The average molecular weight is 338 g/mol. The van der Waals surface area contributed by atoms with E-state index in [2.05, 4.69) is 42.6 Å². The molecule has 0 unspecified atom stereocenters. The highest BCUT2D eigenvalue weighted by Crippen LogP contribution is 2.32. The number of aliphatic imine (C=N–C) groups is 1. The molecule has 0 radical (unpaired) electrons. The molecule has 3 heterocycles. The number of halogens is 1. The number of aromatic nitrogens is 2. The van der Waals surface area contributed by atoms with Crippen molar-refractivity contribution in [2.75, 3.05) is 0 Å². The lowest BCUT2D eigenvalue weighted by Crippen LogP contribution is -2.33. The summed E-state index contributed by atoms with van der Waals surface area (Å²) >= 11 is 0. The molecule has 5 heteroatoms. The van der Waals surface area contributed by atoms with Gasteiger partial charge >= 0.3 is 0 Å². The molecule has 0 aliphatic carbocycles. The molecular weight excluding hydrogens is 315 g/mol. The van der Waals surface area contributed by atoms with E-state index in [0.29, 0.717) is 12.2 Å². The number of fused-ring (bicyclic) bond motifs is 1. The van der Waals surface area contributed by atoms with Crippen molar-refractivity contribution < 1.29 is 4.39 Å². The molecule has 130 valence electrons. The van der Waals surface area contributed by atoms with Crippen LogP contribution in [-0.2, 0) is 13.2 Å². The molecule has 0 atom stereocenters. The van der Waals surface area contributed by atoms with Crippen molar-refractivity contribution >= 4 is 5.84 Å². The number of hydrogen-bond acceptors (Lipinski definition) is 3. The van der Waals surface area contributed by atoms with E-state index in [9.17, 15) is 4.39 Å². The third-order valence-corrected chi connectivity index (χ3v) is 4.47. The van der Waals surface area contributed by atoms with Gasteiger partial charge in [-0.05, 0) is 57.1 Å². The van der Waals surface area contributed by atoms with Gasteiger partial charge in [-0.25, -0.2) is 9.38 Å². The molecule has 0 fully saturated rings. The summed E-state index contributed by atoms with van der Waals surface area (Å²) in [7, 11) is 0. The molecule has 2 aliphatic rings. The van der Waals surface area contributed by atoms with Gasteiger partial charge in [-0.1, -0.05) is 18.7 Å². The van der Waals surface area contributed by atoms with Crippen LogP contribution in [0.25, 0.3) is 0 Å². The zero-order valence-electron chi connectivity index (χ0n) is 15.2. The largest absolute Gasteiger partial charge is 0.295 e. The smallest absolute Gasteiger partial charge is 0.137 e. The fourth-order valence-electron chi connectivity index (χ4n) is 3.12. The Balaban J connectivity index is 1.93. The van der Waals surface area contributed by atoms with Crippen molar-refractivity contribution in [2.24, 2.45) is 4.99 Å². The Hall–Kier alpha value is -2.69. The summed E-state index contributed by atoms with van der Waals surface area (Å²) < 4.78 is 14.6. The molecule has 25 heavy (non-hydrogen) atoms. The van der Waals surface area contributed by atoms with Crippen LogP contribution in [0, 0.1) is 6.92 Å². The summed E-state index contributed by atoms with van der Waals surface area (Å²) in [5.41, 5.74) is 6.58. The van der Waals surface area contributed by atoms with E-state index in [1.807, 2.05) is 26.0 Å². The van der Waals surface area contributed by atoms with Crippen LogP contribution in [0.15, 0.2) is 70.2 Å². The lowest BCUT2D eigenvalue weighted by atomic mass is 10.0. The number of amidine groups is 1. The number of allylic oxidation sites excluding steroid dienone is 6. The normalized spacial score (nSPS) is 17.7. The Labute approximate surface area is 148 Å². The Morgan fingerprint density at radius 2 is 2.08 bits per heavy atom. The van der Waals surface area contributed by atoms with Crippen molar-refractivity contribution in [3.05, 3.63) is 76.6 Å². The second kappa shape index (κ2) is 6.67. The third-order valence-electron chi connectivity index (χ3n) is 4.47. The number of aryl methyl sites for hydroxylation is 1. The molecule has 0 spiro atoms. The number of nitrogens with zero attached hydrogens (tertiary/aromatic N) is 4. The van der Waals surface area contributed by atoms with Crippen LogP contribution in [0.2, 0.25) is 0 Å². The summed E-state index contributed by atoms with van der Waals surface area (Å²) in [5.74, 6) is 0.847. The van der Waals surface area contributed by atoms with E-state index in [1.54, 1.807) is 10.7 Å². The second-order valence-corrected chi connectivity index (χ2v) is 6.34. The Bertz CT molecular complexity index is 878. The van der Waals surface area contributed by atoms with Gasteiger partial charge in [0.2, 0.25) is 0 Å². The molecule has 3 rings (SSSR count). The molecule has 0 saturated carbocycles. The zero-order valence-corrected chi connectivity index (χ0v) is 15.2. The molecule has 4 nitrogen and oxygen atoms in total. The fraction of sp³-hybridized carbons (Fsp3) is 0.300. The highest BCUT2D eigenvalue weighted by molar-refractivity contribution is 5.99. The van der Waals surface area contributed by atoms with Crippen molar-refractivity contribution in [2.45, 2.75) is 40.9 Å². The Morgan fingerprint density at radius 1 is 1.32 bits per heavy atom. The number of hydrogen-bond donors (Lipinski definition) is 0. The van der Waals surface area contributed by atoms with Gasteiger partial charge < -0.3 is 0 Å². The van der Waals surface area contributed by atoms with Crippen LogP contribution < -0.4 is 0 Å². The van der Waals surface area contributed by atoms with Crippen molar-refractivity contribution in [1.29, 1.82) is 0 Å². The first-order chi connectivity index (χ1) is 11.9. The maximum atomic E-state index is 12.8. The van der Waals surface area contributed by atoms with Gasteiger partial charge in [-0.2, -0.15) is 5.10 Å². The molecule has 1 aromatic rings. The standard InChI is InChI=1S/C20H23FN4/c1-6-13(2)20-14(3)7-8-19-22-18(10-16(5)25(19)20)12-24-15(4)9-17(11-21)23-24/h6-10H,5,11-12H2,1-4H3/b13-6+. The highest BCUT2D eigenvalue weighted by Gasteiger charge is 2.26. The lowest BCUT2D eigenvalue weighted by Gasteiger charge is -2.34. The van der Waals surface area contributed by atoms with E-state index in [-0.39, 0.29) is 0 Å². The zero-order chi connectivity index (χ0) is 18.1. The van der Waals surface area contributed by atoms with E-state index in [4.69, 9.17) is 4.99 Å². The maximum absolute atomic E-state index is 12.8. The predicted molar refractivity (Wildman–Crippen MR) is 99.5 cm³/mol. The Kier molecular flexibility index (Phi) is 4.57. The molecule has 2 aliphatic heterocycles. The van der Waals surface area contributed by atoms with Gasteiger partial charge in [-0.15, -0.1) is 0 Å². The molecular formula is C20H23FN4. The first-order valence-corrected chi connectivity index (χ1v) is 8.34. The van der Waals surface area contributed by atoms with Crippen molar-refractivity contribution in [3.8, 4) is 0 Å². The van der Waals surface area contributed by atoms with Gasteiger partial charge in [0.05, 0.1) is 23.6 Å². The van der Waals surface area contributed by atoms with Gasteiger partial charge in [0.15, 0.2) is 0 Å². The minimum atomic E-state index is -0.555. The topological polar surface area (TPSA) is 33.4 Å². The summed E-state index contributed by atoms with van der Waals surface area (Å²) in [4.78, 5) is 6.85. The highest BCUT2D eigenvalue weighted by atomic mass is 19.1. The van der Waals surface area contributed by atoms with Crippen LogP contribution in [0.4, 0.5) is 4.39 Å². The SMILES string of the molecule is C=C1C=C(Cn2nc(CF)cc2C)N=C2C=CC(C)=C(/C(C)=C/C)N12. The van der Waals surface area contributed by atoms with E-state index in [1.165, 1.54) is 11.1 Å². The minimum absolute atomic E-state index is 0.448. The minimum Gasteiger partial charge on any atom is -0.295 e. The monoisotopic (exact) mass is 338 g/mol. The van der Waals surface area contributed by atoms with Gasteiger partial charge in [-0.3, -0.25) is 9.58 Å². The molecule has 0 amide bonds. The van der Waals surface area contributed by atoms with E-state index < -0.39 is 6.67 Å². The van der Waals surface area contributed by atoms with Gasteiger partial charge in [0.25, 0.3) is 0 Å². The van der Waals surface area contributed by atoms with E-state index in [0.717, 1.165) is 28.6 Å². The molecule has 0 N–H and O–H groups in total. The maximum Gasteiger partial charge on any atom is 0.137 e. The molecule has 1 aromatic heterocycles. The van der Waals surface area contributed by atoms with Crippen LogP contribution in [0.5, 0.6) is 0 Å². The first kappa shape index (κ1) is 17.1. The van der Waals surface area contributed by atoms with Crippen LogP contribution in [-0.4, -0.2) is 20.5 Å². The van der Waals surface area contributed by atoms with Gasteiger partial charge in [0.1, 0.15) is 12.5 Å². The van der Waals surface area contributed by atoms with Crippen molar-refractivity contribution in [3.63, 3.8) is 0 Å². The van der Waals surface area contributed by atoms with E-state index >= 15 is 0 Å². The summed E-state index contributed by atoms with van der Waals surface area (Å²) in [6, 6.07) is 1.76. The predicted octanol–water partition coefficient (Wildman–Crippen LogP) is 4.58. The summed E-state index contributed by atoms with van der Waals surface area (Å²) in [5, 5.41) is 4.27. The van der Waals surface area contributed by atoms with Gasteiger partial charge in [0, 0.05) is 11.4 Å². The lowest BCUT2D eigenvalue weighted by molar-refractivity contribution is 0.468. The van der Waals surface area contributed by atoms with Crippen LogP contribution in [0.3, 0.4) is 0 Å². The molecule has 0 aromatic carbocycles. The van der Waals surface area contributed by atoms with Crippen LogP contribution in [0.1, 0.15) is 32.2 Å². The van der Waals surface area contributed by atoms with Crippen LogP contribution >= 0.6 is 0 Å².